The molecule has 0 radical (unpaired) electrons. The molecule has 1 saturated carbocycles. The summed E-state index contributed by atoms with van der Waals surface area (Å²) in [4.78, 5) is 17.3. The molecular weight excluding hydrogens is 378 g/mol. The Balaban J connectivity index is 1.33. The molecule has 2 aromatic heterocycles. The van der Waals surface area contributed by atoms with Crippen LogP contribution < -0.4 is 10.1 Å². The largest absolute Gasteiger partial charge is 0.457 e. The van der Waals surface area contributed by atoms with E-state index < -0.39 is 0 Å². The molecular formula is C23H19N5O2. The smallest absolute Gasteiger partial charge is 0.256 e. The van der Waals surface area contributed by atoms with Gasteiger partial charge in [-0.15, -0.1) is 10.2 Å². The van der Waals surface area contributed by atoms with E-state index in [4.69, 9.17) is 4.74 Å². The molecule has 0 bridgehead atoms. The van der Waals surface area contributed by atoms with E-state index >= 15 is 0 Å². The van der Waals surface area contributed by atoms with Gasteiger partial charge in [0.2, 0.25) is 0 Å². The van der Waals surface area contributed by atoms with Gasteiger partial charge >= 0.3 is 0 Å². The summed E-state index contributed by atoms with van der Waals surface area (Å²) in [6.07, 6.45) is 3.99. The van der Waals surface area contributed by atoms with Crippen LogP contribution in [-0.2, 0) is 0 Å². The first-order valence-electron chi connectivity index (χ1n) is 9.77. The highest BCUT2D eigenvalue weighted by atomic mass is 16.5. The van der Waals surface area contributed by atoms with E-state index in [1.807, 2.05) is 53.1 Å². The minimum Gasteiger partial charge on any atom is -0.457 e. The van der Waals surface area contributed by atoms with Gasteiger partial charge in [-0.2, -0.15) is 0 Å². The lowest BCUT2D eigenvalue weighted by atomic mass is 10.2. The molecule has 1 N–H and O–H groups in total. The molecule has 0 spiro atoms. The van der Waals surface area contributed by atoms with Crippen molar-refractivity contribution in [1.29, 1.82) is 0 Å². The number of para-hydroxylation sites is 1. The number of pyridine rings is 1. The number of nitrogens with zero attached hydrogens (tertiary/aromatic N) is 4. The first kappa shape index (κ1) is 18.1. The number of ether oxygens (including phenoxy) is 1. The standard InChI is InChI=1S/C23H19N5O2/c29-23(16-6-4-9-19(14-16)30-18-7-2-1-3-8-18)26-21-11-5-10-20(25-21)22-27-24-15-28(22)17-12-13-17/h1-11,14-15,17H,12-13H2,(H,25,26,29). The highest BCUT2D eigenvalue weighted by Crippen LogP contribution is 2.37. The van der Waals surface area contributed by atoms with Crippen LogP contribution in [0, 0.1) is 0 Å². The van der Waals surface area contributed by atoms with Crippen LogP contribution in [-0.4, -0.2) is 25.7 Å². The van der Waals surface area contributed by atoms with Gasteiger partial charge in [-0.05, 0) is 55.3 Å². The molecule has 5 rings (SSSR count). The average Bonchev–Trinajstić information content (AvgIpc) is 3.51. The zero-order valence-corrected chi connectivity index (χ0v) is 16.1. The van der Waals surface area contributed by atoms with Gasteiger partial charge in [-0.25, -0.2) is 4.98 Å². The summed E-state index contributed by atoms with van der Waals surface area (Å²) in [7, 11) is 0. The lowest BCUT2D eigenvalue weighted by Crippen LogP contribution is -2.13. The van der Waals surface area contributed by atoms with Crippen molar-refractivity contribution in [1.82, 2.24) is 19.7 Å². The monoisotopic (exact) mass is 397 g/mol. The van der Waals surface area contributed by atoms with E-state index in [1.54, 1.807) is 30.6 Å². The number of hydrogen-bond acceptors (Lipinski definition) is 5. The van der Waals surface area contributed by atoms with Crippen LogP contribution in [0.4, 0.5) is 5.82 Å². The van der Waals surface area contributed by atoms with E-state index in [2.05, 4.69) is 20.5 Å². The van der Waals surface area contributed by atoms with E-state index in [1.165, 1.54) is 0 Å². The molecule has 0 aliphatic heterocycles. The Labute approximate surface area is 173 Å². The van der Waals surface area contributed by atoms with E-state index in [9.17, 15) is 4.79 Å². The van der Waals surface area contributed by atoms with E-state index in [-0.39, 0.29) is 5.91 Å². The molecule has 1 aliphatic carbocycles. The topological polar surface area (TPSA) is 81.9 Å². The molecule has 148 valence electrons. The minimum atomic E-state index is -0.262. The van der Waals surface area contributed by atoms with Crippen molar-refractivity contribution in [2.45, 2.75) is 18.9 Å². The van der Waals surface area contributed by atoms with Crippen LogP contribution >= 0.6 is 0 Å². The lowest BCUT2D eigenvalue weighted by molar-refractivity contribution is 0.102. The number of benzene rings is 2. The molecule has 0 saturated heterocycles. The third kappa shape index (κ3) is 3.91. The third-order valence-electron chi connectivity index (χ3n) is 4.81. The molecule has 2 heterocycles. The van der Waals surface area contributed by atoms with Gasteiger partial charge in [0, 0.05) is 11.6 Å². The predicted octanol–water partition coefficient (Wildman–Crippen LogP) is 4.72. The summed E-state index contributed by atoms with van der Waals surface area (Å²) < 4.78 is 7.86. The summed E-state index contributed by atoms with van der Waals surface area (Å²) in [6, 6.07) is 22.4. The van der Waals surface area contributed by atoms with Crippen molar-refractivity contribution >= 4 is 11.7 Å². The second-order valence-corrected chi connectivity index (χ2v) is 7.10. The zero-order valence-electron chi connectivity index (χ0n) is 16.1. The van der Waals surface area contributed by atoms with Crippen LogP contribution in [0.3, 0.4) is 0 Å². The fraction of sp³-hybridized carbons (Fsp3) is 0.130. The molecule has 7 heteroatoms. The molecule has 1 amide bonds. The SMILES string of the molecule is O=C(Nc1cccc(-c2nncn2C2CC2)n1)c1cccc(Oc2ccccc2)c1. The van der Waals surface area contributed by atoms with Crippen LogP contribution in [0.15, 0.2) is 79.1 Å². The Morgan fingerprint density at radius 2 is 1.77 bits per heavy atom. The summed E-state index contributed by atoms with van der Waals surface area (Å²) in [5.41, 5.74) is 1.16. The molecule has 0 atom stereocenters. The van der Waals surface area contributed by atoms with Crippen LogP contribution in [0.5, 0.6) is 11.5 Å². The first-order chi connectivity index (χ1) is 14.8. The Bertz CT molecular complexity index is 1180. The van der Waals surface area contributed by atoms with Crippen molar-refractivity contribution in [3.8, 4) is 23.0 Å². The Hall–Kier alpha value is -4.00. The number of nitrogens with one attached hydrogen (secondary N) is 1. The Morgan fingerprint density at radius 3 is 2.60 bits per heavy atom. The summed E-state index contributed by atoms with van der Waals surface area (Å²) in [5, 5.41) is 11.1. The molecule has 30 heavy (non-hydrogen) atoms. The van der Waals surface area contributed by atoms with Crippen molar-refractivity contribution < 1.29 is 9.53 Å². The quantitative estimate of drug-likeness (QED) is 0.509. The number of aromatic nitrogens is 4. The first-order valence-corrected chi connectivity index (χ1v) is 9.77. The number of rotatable bonds is 6. The highest BCUT2D eigenvalue weighted by Gasteiger charge is 2.27. The van der Waals surface area contributed by atoms with Gasteiger partial charge in [0.05, 0.1) is 0 Å². The molecule has 0 unspecified atom stereocenters. The number of amides is 1. The number of anilines is 1. The summed E-state index contributed by atoms with van der Waals surface area (Å²) in [5.74, 6) is 2.21. The fourth-order valence-corrected chi connectivity index (χ4v) is 3.19. The lowest BCUT2D eigenvalue weighted by Gasteiger charge is -2.09. The van der Waals surface area contributed by atoms with Gasteiger partial charge in [0.15, 0.2) is 5.82 Å². The molecule has 4 aromatic rings. The summed E-state index contributed by atoms with van der Waals surface area (Å²) in [6.45, 7) is 0. The maximum Gasteiger partial charge on any atom is 0.256 e. The van der Waals surface area contributed by atoms with Crippen LogP contribution in [0.25, 0.3) is 11.5 Å². The molecule has 2 aromatic carbocycles. The van der Waals surface area contributed by atoms with E-state index in [0.717, 1.165) is 12.8 Å². The second-order valence-electron chi connectivity index (χ2n) is 7.10. The molecule has 1 aliphatic rings. The normalized spacial score (nSPS) is 13.1. The third-order valence-corrected chi connectivity index (χ3v) is 4.81. The maximum absolute atomic E-state index is 12.8. The van der Waals surface area contributed by atoms with Crippen molar-refractivity contribution in [2.75, 3.05) is 5.32 Å². The maximum atomic E-state index is 12.8. The van der Waals surface area contributed by atoms with Gasteiger partial charge < -0.3 is 14.6 Å². The van der Waals surface area contributed by atoms with Gasteiger partial charge in [0.1, 0.15) is 29.3 Å². The summed E-state index contributed by atoms with van der Waals surface area (Å²) >= 11 is 0. The zero-order chi connectivity index (χ0) is 20.3. The molecule has 1 fully saturated rings. The highest BCUT2D eigenvalue weighted by molar-refractivity contribution is 6.04. The average molecular weight is 397 g/mol. The fourth-order valence-electron chi connectivity index (χ4n) is 3.19. The van der Waals surface area contributed by atoms with Crippen LogP contribution in [0.1, 0.15) is 29.2 Å². The van der Waals surface area contributed by atoms with Crippen molar-refractivity contribution in [2.24, 2.45) is 0 Å². The van der Waals surface area contributed by atoms with Gasteiger partial charge in [0.25, 0.3) is 5.91 Å². The second kappa shape index (κ2) is 7.79. The number of carbonyl (C=O) groups is 1. The van der Waals surface area contributed by atoms with Crippen molar-refractivity contribution in [3.05, 3.63) is 84.7 Å². The predicted molar refractivity (Wildman–Crippen MR) is 112 cm³/mol. The van der Waals surface area contributed by atoms with Gasteiger partial charge in [-0.1, -0.05) is 30.3 Å². The number of hydrogen-bond donors (Lipinski definition) is 1. The Kier molecular flexibility index (Phi) is 4.69. The van der Waals surface area contributed by atoms with Crippen LogP contribution in [0.2, 0.25) is 0 Å². The van der Waals surface area contributed by atoms with Gasteiger partial charge in [-0.3, -0.25) is 4.79 Å². The van der Waals surface area contributed by atoms with E-state index in [0.29, 0.717) is 40.4 Å². The molecule has 7 nitrogen and oxygen atoms in total. The van der Waals surface area contributed by atoms with Crippen molar-refractivity contribution in [3.63, 3.8) is 0 Å². The Morgan fingerprint density at radius 1 is 0.967 bits per heavy atom. The minimum absolute atomic E-state index is 0.262. The number of carbonyl (C=O) groups excluding carboxylic acids is 1.